The number of hydrogen-bond donors (Lipinski definition) is 1. The fourth-order valence-electron chi connectivity index (χ4n) is 3.78. The number of pyridine rings is 1. The van der Waals surface area contributed by atoms with E-state index in [0.717, 1.165) is 5.69 Å². The van der Waals surface area contributed by atoms with E-state index in [2.05, 4.69) is 15.4 Å². The number of benzene rings is 1. The molecule has 0 aliphatic carbocycles. The van der Waals surface area contributed by atoms with Crippen molar-refractivity contribution in [1.29, 1.82) is 0 Å². The van der Waals surface area contributed by atoms with E-state index in [-0.39, 0.29) is 17.9 Å². The van der Waals surface area contributed by atoms with Crippen LogP contribution in [0.25, 0.3) is 0 Å². The van der Waals surface area contributed by atoms with Gasteiger partial charge in [0, 0.05) is 31.5 Å². The summed E-state index contributed by atoms with van der Waals surface area (Å²) in [5, 5.41) is 7.37. The van der Waals surface area contributed by atoms with Gasteiger partial charge >= 0.3 is 0 Å². The van der Waals surface area contributed by atoms with Gasteiger partial charge in [0.15, 0.2) is 11.5 Å². The van der Waals surface area contributed by atoms with Crippen molar-refractivity contribution in [3.63, 3.8) is 0 Å². The van der Waals surface area contributed by atoms with E-state index in [9.17, 15) is 9.59 Å². The molecule has 1 N–H and O–H groups in total. The van der Waals surface area contributed by atoms with Gasteiger partial charge in [-0.3, -0.25) is 19.3 Å². The highest BCUT2D eigenvalue weighted by Crippen LogP contribution is 2.35. The monoisotopic (exact) mass is 421 g/mol. The molecule has 3 heterocycles. The first kappa shape index (κ1) is 20.4. The number of amides is 2. The van der Waals surface area contributed by atoms with Crippen LogP contribution in [0.4, 0.5) is 5.69 Å². The normalized spacial score (nSPS) is 15.2. The van der Waals surface area contributed by atoms with Crippen LogP contribution >= 0.6 is 0 Å². The molecule has 9 nitrogen and oxygen atoms in total. The molecule has 9 heteroatoms. The van der Waals surface area contributed by atoms with Gasteiger partial charge in [-0.25, -0.2) is 0 Å². The minimum Gasteiger partial charge on any atom is -0.493 e. The highest BCUT2D eigenvalue weighted by Gasteiger charge is 2.33. The molecule has 0 saturated carbocycles. The summed E-state index contributed by atoms with van der Waals surface area (Å²) in [7, 11) is 4.88. The van der Waals surface area contributed by atoms with Gasteiger partial charge in [-0.2, -0.15) is 5.10 Å². The molecular weight excluding hydrogens is 398 g/mol. The van der Waals surface area contributed by atoms with Crippen molar-refractivity contribution in [3.8, 4) is 11.5 Å². The molecule has 0 spiro atoms. The lowest BCUT2D eigenvalue weighted by Gasteiger charge is -2.32. The summed E-state index contributed by atoms with van der Waals surface area (Å²) in [4.78, 5) is 31.6. The predicted octanol–water partition coefficient (Wildman–Crippen LogP) is 2.35. The summed E-state index contributed by atoms with van der Waals surface area (Å²) < 4.78 is 12.3. The summed E-state index contributed by atoms with van der Waals surface area (Å²) >= 11 is 0. The molecule has 0 bridgehead atoms. The van der Waals surface area contributed by atoms with Crippen molar-refractivity contribution < 1.29 is 19.1 Å². The van der Waals surface area contributed by atoms with Crippen molar-refractivity contribution in [2.24, 2.45) is 7.05 Å². The number of anilines is 1. The molecule has 2 amide bonds. The quantitative estimate of drug-likeness (QED) is 0.679. The fraction of sp³-hybridized carbons (Fsp3) is 0.273. The first-order valence-electron chi connectivity index (χ1n) is 9.80. The second-order valence-corrected chi connectivity index (χ2v) is 7.12. The average molecular weight is 421 g/mol. The Morgan fingerprint density at radius 1 is 1.10 bits per heavy atom. The summed E-state index contributed by atoms with van der Waals surface area (Å²) in [6.07, 6.45) is 5.34. The number of aromatic nitrogens is 3. The molecule has 3 aromatic rings. The predicted molar refractivity (Wildman–Crippen MR) is 113 cm³/mol. The van der Waals surface area contributed by atoms with Crippen LogP contribution in [0, 0.1) is 0 Å². The van der Waals surface area contributed by atoms with Crippen LogP contribution in [0.1, 0.15) is 38.9 Å². The highest BCUT2D eigenvalue weighted by molar-refractivity contribution is 6.07. The molecule has 4 rings (SSSR count). The first-order valence-corrected chi connectivity index (χ1v) is 9.80. The SMILES string of the molecule is COc1ccc(C(=O)N2CCC(NC(=O)c3cccnc3)c3c2cnn3C)cc1OC. The van der Waals surface area contributed by atoms with Crippen molar-refractivity contribution in [2.75, 3.05) is 25.7 Å². The molecule has 1 atom stereocenters. The van der Waals surface area contributed by atoms with Gasteiger partial charge < -0.3 is 19.7 Å². The summed E-state index contributed by atoms with van der Waals surface area (Å²) in [6.45, 7) is 0.434. The van der Waals surface area contributed by atoms with E-state index in [4.69, 9.17) is 9.47 Å². The second-order valence-electron chi connectivity index (χ2n) is 7.12. The Morgan fingerprint density at radius 3 is 2.61 bits per heavy atom. The fourth-order valence-corrected chi connectivity index (χ4v) is 3.78. The van der Waals surface area contributed by atoms with Gasteiger partial charge in [-0.15, -0.1) is 0 Å². The number of nitrogens with one attached hydrogen (secondary N) is 1. The lowest BCUT2D eigenvalue weighted by molar-refractivity contribution is 0.0931. The molecule has 0 radical (unpaired) electrons. The summed E-state index contributed by atoms with van der Waals surface area (Å²) in [5.41, 5.74) is 2.41. The van der Waals surface area contributed by atoms with Gasteiger partial charge in [0.1, 0.15) is 0 Å². The van der Waals surface area contributed by atoms with E-state index in [1.807, 2.05) is 0 Å². The molecule has 1 aromatic carbocycles. The molecule has 1 aliphatic rings. The minimum absolute atomic E-state index is 0.174. The average Bonchev–Trinajstić information content (AvgIpc) is 3.21. The molecule has 31 heavy (non-hydrogen) atoms. The summed E-state index contributed by atoms with van der Waals surface area (Å²) in [6, 6.07) is 8.22. The Kier molecular flexibility index (Phi) is 5.57. The van der Waals surface area contributed by atoms with Crippen LogP contribution in [-0.4, -0.2) is 47.3 Å². The maximum Gasteiger partial charge on any atom is 0.258 e. The number of ether oxygens (including phenoxy) is 2. The largest absolute Gasteiger partial charge is 0.493 e. The second kappa shape index (κ2) is 8.47. The third-order valence-corrected chi connectivity index (χ3v) is 5.33. The van der Waals surface area contributed by atoms with E-state index in [1.54, 1.807) is 66.5 Å². The van der Waals surface area contributed by atoms with E-state index < -0.39 is 0 Å². The zero-order valence-corrected chi connectivity index (χ0v) is 17.5. The number of rotatable bonds is 5. The maximum atomic E-state index is 13.3. The van der Waals surface area contributed by atoms with Crippen LogP contribution in [-0.2, 0) is 7.05 Å². The van der Waals surface area contributed by atoms with Gasteiger partial charge in [-0.05, 0) is 36.8 Å². The Labute approximate surface area is 179 Å². The molecular formula is C22H23N5O4. The molecule has 2 aromatic heterocycles. The number of nitrogens with zero attached hydrogens (tertiary/aromatic N) is 4. The van der Waals surface area contributed by atoms with E-state index in [0.29, 0.717) is 41.3 Å². The molecule has 160 valence electrons. The van der Waals surface area contributed by atoms with Gasteiger partial charge in [0.05, 0.1) is 43.4 Å². The lowest BCUT2D eigenvalue weighted by atomic mass is 10.0. The van der Waals surface area contributed by atoms with Crippen LogP contribution in [0.2, 0.25) is 0 Å². The Hall–Kier alpha value is -3.88. The third-order valence-electron chi connectivity index (χ3n) is 5.33. The standard InChI is InChI=1S/C22H23N5O4/c1-26-20-16(25-21(28)15-5-4-9-23-12-15)8-10-27(17(20)13-24-26)22(29)14-6-7-18(30-2)19(11-14)31-3/h4-7,9,11-13,16H,8,10H2,1-3H3,(H,25,28). The topological polar surface area (TPSA) is 98.6 Å². The number of fused-ring (bicyclic) bond motifs is 1. The van der Waals surface area contributed by atoms with E-state index in [1.165, 1.54) is 13.3 Å². The zero-order valence-electron chi connectivity index (χ0n) is 17.5. The van der Waals surface area contributed by atoms with Crippen molar-refractivity contribution in [3.05, 3.63) is 65.7 Å². The van der Waals surface area contributed by atoms with Gasteiger partial charge in [0.25, 0.3) is 11.8 Å². The van der Waals surface area contributed by atoms with Gasteiger partial charge in [-0.1, -0.05) is 0 Å². The molecule has 0 fully saturated rings. The van der Waals surface area contributed by atoms with Crippen molar-refractivity contribution in [1.82, 2.24) is 20.1 Å². The Balaban J connectivity index is 1.60. The number of carbonyl (C=O) groups is 2. The van der Waals surface area contributed by atoms with Crippen molar-refractivity contribution in [2.45, 2.75) is 12.5 Å². The number of aryl methyl sites for hydroxylation is 1. The van der Waals surface area contributed by atoms with Gasteiger partial charge in [0.2, 0.25) is 0 Å². The molecule has 1 unspecified atom stereocenters. The van der Waals surface area contributed by atoms with Crippen molar-refractivity contribution >= 4 is 17.5 Å². The third kappa shape index (κ3) is 3.81. The van der Waals surface area contributed by atoms with E-state index >= 15 is 0 Å². The Morgan fingerprint density at radius 2 is 1.90 bits per heavy atom. The maximum absolute atomic E-state index is 13.3. The van der Waals surface area contributed by atoms with Crippen LogP contribution in [0.5, 0.6) is 11.5 Å². The first-order chi connectivity index (χ1) is 15.0. The molecule has 1 aliphatic heterocycles. The molecule has 0 saturated heterocycles. The smallest absolute Gasteiger partial charge is 0.258 e. The van der Waals surface area contributed by atoms with Crippen LogP contribution in [0.15, 0.2) is 48.9 Å². The van der Waals surface area contributed by atoms with Crippen LogP contribution in [0.3, 0.4) is 0 Å². The highest BCUT2D eigenvalue weighted by atomic mass is 16.5. The number of methoxy groups -OCH3 is 2. The number of carbonyl (C=O) groups excluding carboxylic acids is 2. The lowest BCUT2D eigenvalue weighted by Crippen LogP contribution is -2.41. The summed E-state index contributed by atoms with van der Waals surface area (Å²) in [5.74, 6) is 0.647. The Bertz CT molecular complexity index is 1110. The zero-order chi connectivity index (χ0) is 22.0. The van der Waals surface area contributed by atoms with Crippen LogP contribution < -0.4 is 19.7 Å². The number of hydrogen-bond acceptors (Lipinski definition) is 6. The minimum atomic E-state index is -0.273.